The molecule has 0 atom stereocenters. The van der Waals surface area contributed by atoms with Crippen molar-refractivity contribution in [1.82, 2.24) is 0 Å². The fourth-order valence-corrected chi connectivity index (χ4v) is 2.23. The van der Waals surface area contributed by atoms with Gasteiger partial charge in [-0.05, 0) is 19.3 Å². The third-order valence-electron chi connectivity index (χ3n) is 3.41. The van der Waals surface area contributed by atoms with E-state index in [4.69, 9.17) is 0 Å². The van der Waals surface area contributed by atoms with Gasteiger partial charge in [0.05, 0.1) is 6.54 Å². The molecule has 0 aromatic carbocycles. The van der Waals surface area contributed by atoms with Crippen molar-refractivity contribution in [3.05, 3.63) is 17.6 Å². The normalized spacial score (nSPS) is 10.4. The Bertz CT molecular complexity index is 160. The molecule has 0 bridgehead atoms. The highest BCUT2D eigenvalue weighted by Gasteiger charge is 1.93. The lowest BCUT2D eigenvalue weighted by molar-refractivity contribution is 0.542. The van der Waals surface area contributed by atoms with E-state index in [1.165, 1.54) is 77.0 Å². The summed E-state index contributed by atoms with van der Waals surface area (Å²) < 4.78 is 0. The molecule has 0 aromatic rings. The van der Waals surface area contributed by atoms with Gasteiger partial charge in [0.15, 0.2) is 0 Å². The Morgan fingerprint density at radius 2 is 1.06 bits per heavy atom. The first-order valence-corrected chi connectivity index (χ1v) is 7.82. The zero-order chi connectivity index (χ0) is 13.3. The van der Waals surface area contributed by atoms with Crippen LogP contribution in [0.1, 0.15) is 83.5 Å². The van der Waals surface area contributed by atoms with Crippen LogP contribution in [0.4, 0.5) is 0 Å². The molecule has 0 aliphatic heterocycles. The average Bonchev–Trinajstić information content (AvgIpc) is 2.39. The summed E-state index contributed by atoms with van der Waals surface area (Å²) in [6.45, 7) is 4.24. The van der Waals surface area contributed by atoms with Crippen LogP contribution in [0, 0.1) is 4.91 Å². The topological polar surface area (TPSA) is 29.4 Å². The van der Waals surface area contributed by atoms with Crippen LogP contribution in [0.3, 0.4) is 0 Å². The Morgan fingerprint density at radius 3 is 1.44 bits per heavy atom. The third kappa shape index (κ3) is 15.3. The van der Waals surface area contributed by atoms with Crippen molar-refractivity contribution in [3.8, 4) is 0 Å². The third-order valence-corrected chi connectivity index (χ3v) is 3.41. The second-order valence-electron chi connectivity index (χ2n) is 5.17. The van der Waals surface area contributed by atoms with Gasteiger partial charge in [-0.15, -0.1) is 6.58 Å². The fraction of sp³-hybridized carbons (Fsp3) is 0.875. The number of hydrogen-bond acceptors (Lipinski definition) is 2. The highest BCUT2D eigenvalue weighted by Crippen LogP contribution is 2.12. The van der Waals surface area contributed by atoms with Crippen LogP contribution >= 0.6 is 0 Å². The molecule has 18 heavy (non-hydrogen) atoms. The van der Waals surface area contributed by atoms with Crippen molar-refractivity contribution < 1.29 is 0 Å². The van der Waals surface area contributed by atoms with Gasteiger partial charge in [0.2, 0.25) is 0 Å². The number of hydrogen-bond donors (Lipinski definition) is 0. The van der Waals surface area contributed by atoms with Gasteiger partial charge in [0.1, 0.15) is 0 Å². The Kier molecular flexibility index (Phi) is 15.7. The van der Waals surface area contributed by atoms with E-state index in [-0.39, 0.29) is 0 Å². The smallest absolute Gasteiger partial charge is 0.0811 e. The van der Waals surface area contributed by atoms with Crippen LogP contribution < -0.4 is 0 Å². The number of nitroso groups, excluding NO2 is 1. The minimum Gasteiger partial charge on any atom is -0.151 e. The highest BCUT2D eigenvalue weighted by atomic mass is 16.3. The Hall–Kier alpha value is -0.660. The summed E-state index contributed by atoms with van der Waals surface area (Å²) in [5.41, 5.74) is 0. The maximum Gasteiger partial charge on any atom is 0.0811 e. The SMILES string of the molecule is C=CCCCCCCCCCCCCCCN=O. The van der Waals surface area contributed by atoms with Crippen LogP contribution in [-0.2, 0) is 0 Å². The number of rotatable bonds is 15. The van der Waals surface area contributed by atoms with Crippen LogP contribution in [0.2, 0.25) is 0 Å². The molecule has 2 heteroatoms. The van der Waals surface area contributed by atoms with Gasteiger partial charge >= 0.3 is 0 Å². The average molecular weight is 253 g/mol. The molecule has 0 N–H and O–H groups in total. The predicted octanol–water partition coefficient (Wildman–Crippen LogP) is 6.01. The molecule has 0 aromatic heterocycles. The molecule has 0 fully saturated rings. The lowest BCUT2D eigenvalue weighted by Gasteiger charge is -2.02. The molecular formula is C16H31NO. The van der Waals surface area contributed by atoms with E-state index in [0.717, 1.165) is 6.42 Å². The highest BCUT2D eigenvalue weighted by molar-refractivity contribution is 4.65. The quantitative estimate of drug-likeness (QED) is 0.200. The van der Waals surface area contributed by atoms with Gasteiger partial charge < -0.3 is 0 Å². The predicted molar refractivity (Wildman–Crippen MR) is 80.9 cm³/mol. The first-order valence-electron chi connectivity index (χ1n) is 7.82. The summed E-state index contributed by atoms with van der Waals surface area (Å²) in [6.07, 6.45) is 19.0. The second-order valence-corrected chi connectivity index (χ2v) is 5.17. The molecular weight excluding hydrogens is 222 g/mol. The standard InChI is InChI=1S/C16H31NO/c1-2-3-4-5-6-7-8-9-10-11-12-13-14-15-16-17-18/h2H,1,3-16H2. The molecule has 0 unspecified atom stereocenters. The van der Waals surface area contributed by atoms with Crippen LogP contribution in [0.15, 0.2) is 17.8 Å². The zero-order valence-electron chi connectivity index (χ0n) is 12.0. The summed E-state index contributed by atoms with van der Waals surface area (Å²) >= 11 is 0. The molecule has 0 saturated heterocycles. The van der Waals surface area contributed by atoms with Crippen molar-refractivity contribution in [2.24, 2.45) is 5.18 Å². The largest absolute Gasteiger partial charge is 0.151 e. The summed E-state index contributed by atoms with van der Waals surface area (Å²) in [5.74, 6) is 0. The second kappa shape index (κ2) is 16.3. The van der Waals surface area contributed by atoms with Crippen LogP contribution in [-0.4, -0.2) is 6.54 Å². The molecule has 0 aliphatic carbocycles. The van der Waals surface area contributed by atoms with E-state index in [9.17, 15) is 4.91 Å². The van der Waals surface area contributed by atoms with Crippen molar-refractivity contribution in [3.63, 3.8) is 0 Å². The Morgan fingerprint density at radius 1 is 0.667 bits per heavy atom. The van der Waals surface area contributed by atoms with Crippen molar-refractivity contribution in [2.45, 2.75) is 83.5 Å². The van der Waals surface area contributed by atoms with Gasteiger partial charge in [-0.25, -0.2) is 0 Å². The van der Waals surface area contributed by atoms with Crippen LogP contribution in [0.25, 0.3) is 0 Å². The Labute approximate surface area is 113 Å². The first kappa shape index (κ1) is 17.3. The molecule has 106 valence electrons. The molecule has 0 rings (SSSR count). The van der Waals surface area contributed by atoms with E-state index >= 15 is 0 Å². The molecule has 0 heterocycles. The Balaban J connectivity index is 2.90. The molecule has 0 amide bonds. The van der Waals surface area contributed by atoms with E-state index in [1.54, 1.807) is 0 Å². The molecule has 0 radical (unpaired) electrons. The van der Waals surface area contributed by atoms with E-state index in [0.29, 0.717) is 6.54 Å². The van der Waals surface area contributed by atoms with E-state index in [1.807, 2.05) is 6.08 Å². The lowest BCUT2D eigenvalue weighted by atomic mass is 10.0. The number of nitrogens with zero attached hydrogens (tertiary/aromatic N) is 1. The molecule has 2 nitrogen and oxygen atoms in total. The fourth-order valence-electron chi connectivity index (χ4n) is 2.23. The monoisotopic (exact) mass is 253 g/mol. The van der Waals surface area contributed by atoms with Crippen LogP contribution in [0.5, 0.6) is 0 Å². The summed E-state index contributed by atoms with van der Waals surface area (Å²) in [6, 6.07) is 0. The number of unbranched alkanes of at least 4 members (excludes halogenated alkanes) is 12. The summed E-state index contributed by atoms with van der Waals surface area (Å²) in [4.78, 5) is 9.87. The molecule has 0 saturated carbocycles. The number of allylic oxidation sites excluding steroid dienone is 1. The van der Waals surface area contributed by atoms with Crippen molar-refractivity contribution in [1.29, 1.82) is 0 Å². The first-order chi connectivity index (χ1) is 8.91. The molecule has 0 spiro atoms. The lowest BCUT2D eigenvalue weighted by Crippen LogP contribution is -1.84. The van der Waals surface area contributed by atoms with Crippen molar-refractivity contribution >= 4 is 0 Å². The molecule has 0 aliphatic rings. The maximum absolute atomic E-state index is 9.87. The van der Waals surface area contributed by atoms with Crippen molar-refractivity contribution in [2.75, 3.05) is 6.54 Å². The van der Waals surface area contributed by atoms with Gasteiger partial charge in [0.25, 0.3) is 0 Å². The maximum atomic E-state index is 9.87. The minimum atomic E-state index is 0.506. The van der Waals surface area contributed by atoms with Gasteiger partial charge in [-0.3, -0.25) is 0 Å². The minimum absolute atomic E-state index is 0.506. The van der Waals surface area contributed by atoms with Gasteiger partial charge in [-0.2, -0.15) is 4.91 Å². The van der Waals surface area contributed by atoms with E-state index < -0.39 is 0 Å². The van der Waals surface area contributed by atoms with E-state index in [2.05, 4.69) is 11.8 Å². The summed E-state index contributed by atoms with van der Waals surface area (Å²) in [7, 11) is 0. The zero-order valence-corrected chi connectivity index (χ0v) is 12.0. The summed E-state index contributed by atoms with van der Waals surface area (Å²) in [5, 5.41) is 2.87. The van der Waals surface area contributed by atoms with Gasteiger partial charge in [0, 0.05) is 0 Å². The van der Waals surface area contributed by atoms with Gasteiger partial charge in [-0.1, -0.05) is 75.5 Å².